The lowest BCUT2D eigenvalue weighted by Crippen LogP contribution is -2.08. The third-order valence-electron chi connectivity index (χ3n) is 1.66. The SMILES string of the molecule is CCOC(=O)c1cc(Br)cc(F)c1C#N. The Bertz CT molecular complexity index is 440. The molecule has 0 heterocycles. The molecular weight excluding hydrogens is 265 g/mol. The van der Waals surface area contributed by atoms with Gasteiger partial charge in [-0.15, -0.1) is 0 Å². The van der Waals surface area contributed by atoms with E-state index in [-0.39, 0.29) is 17.7 Å². The lowest BCUT2D eigenvalue weighted by Gasteiger charge is -2.05. The van der Waals surface area contributed by atoms with Crippen LogP contribution in [0.5, 0.6) is 0 Å². The fourth-order valence-electron chi connectivity index (χ4n) is 1.06. The van der Waals surface area contributed by atoms with Gasteiger partial charge < -0.3 is 4.74 Å². The fraction of sp³-hybridized carbons (Fsp3) is 0.200. The number of carbonyl (C=O) groups excluding carboxylic acids is 1. The summed E-state index contributed by atoms with van der Waals surface area (Å²) in [7, 11) is 0. The van der Waals surface area contributed by atoms with E-state index in [0.717, 1.165) is 6.07 Å². The molecule has 0 aliphatic rings. The molecule has 5 heteroatoms. The third-order valence-corrected chi connectivity index (χ3v) is 2.12. The predicted molar refractivity (Wildman–Crippen MR) is 54.8 cm³/mol. The molecule has 0 atom stereocenters. The van der Waals surface area contributed by atoms with Gasteiger partial charge in [0.05, 0.1) is 12.2 Å². The number of nitrogens with zero attached hydrogens (tertiary/aromatic N) is 1. The van der Waals surface area contributed by atoms with E-state index >= 15 is 0 Å². The van der Waals surface area contributed by atoms with Crippen LogP contribution in [0.15, 0.2) is 16.6 Å². The molecule has 0 spiro atoms. The Morgan fingerprint density at radius 1 is 1.67 bits per heavy atom. The molecule has 15 heavy (non-hydrogen) atoms. The minimum atomic E-state index is -0.741. The van der Waals surface area contributed by atoms with Gasteiger partial charge in [-0.25, -0.2) is 9.18 Å². The zero-order chi connectivity index (χ0) is 11.4. The smallest absolute Gasteiger partial charge is 0.339 e. The minimum Gasteiger partial charge on any atom is -0.462 e. The second-order valence-corrected chi connectivity index (χ2v) is 3.56. The average Bonchev–Trinajstić information content (AvgIpc) is 2.17. The first-order valence-electron chi connectivity index (χ1n) is 4.16. The maximum Gasteiger partial charge on any atom is 0.339 e. The number of ether oxygens (including phenoxy) is 1. The van der Waals surface area contributed by atoms with Crippen LogP contribution in [0.25, 0.3) is 0 Å². The molecule has 3 nitrogen and oxygen atoms in total. The molecule has 0 saturated heterocycles. The van der Waals surface area contributed by atoms with Crippen molar-refractivity contribution in [3.05, 3.63) is 33.5 Å². The van der Waals surface area contributed by atoms with E-state index in [1.165, 1.54) is 6.07 Å². The number of hydrogen-bond donors (Lipinski definition) is 0. The van der Waals surface area contributed by atoms with Crippen LogP contribution in [0.4, 0.5) is 4.39 Å². The van der Waals surface area contributed by atoms with E-state index in [9.17, 15) is 9.18 Å². The second-order valence-electron chi connectivity index (χ2n) is 2.64. The summed E-state index contributed by atoms with van der Waals surface area (Å²) in [5.74, 6) is -1.44. The normalized spacial score (nSPS) is 9.47. The van der Waals surface area contributed by atoms with Crippen LogP contribution >= 0.6 is 15.9 Å². The van der Waals surface area contributed by atoms with Crippen molar-refractivity contribution < 1.29 is 13.9 Å². The maximum absolute atomic E-state index is 13.3. The van der Waals surface area contributed by atoms with Gasteiger partial charge in [0.25, 0.3) is 0 Å². The summed E-state index contributed by atoms with van der Waals surface area (Å²) < 4.78 is 18.3. The highest BCUT2D eigenvalue weighted by molar-refractivity contribution is 9.10. The molecule has 0 saturated carbocycles. The van der Waals surface area contributed by atoms with Crippen molar-refractivity contribution in [3.8, 4) is 6.07 Å². The summed E-state index contributed by atoms with van der Waals surface area (Å²) in [6.45, 7) is 1.82. The molecule has 0 amide bonds. The van der Waals surface area contributed by atoms with Gasteiger partial charge in [-0.1, -0.05) is 15.9 Å². The summed E-state index contributed by atoms with van der Waals surface area (Å²) >= 11 is 3.04. The number of nitriles is 1. The lowest BCUT2D eigenvalue weighted by atomic mass is 10.1. The van der Waals surface area contributed by atoms with Crippen molar-refractivity contribution in [1.82, 2.24) is 0 Å². The predicted octanol–water partition coefficient (Wildman–Crippen LogP) is 2.64. The number of benzene rings is 1. The molecule has 0 unspecified atom stereocenters. The molecule has 1 aromatic rings. The summed E-state index contributed by atoms with van der Waals surface area (Å²) in [5.41, 5.74) is -0.358. The molecule has 78 valence electrons. The van der Waals surface area contributed by atoms with E-state index in [1.54, 1.807) is 13.0 Å². The number of esters is 1. The first-order valence-corrected chi connectivity index (χ1v) is 4.95. The molecule has 0 aromatic heterocycles. The highest BCUT2D eigenvalue weighted by atomic mass is 79.9. The van der Waals surface area contributed by atoms with Crippen LogP contribution in [-0.4, -0.2) is 12.6 Å². The van der Waals surface area contributed by atoms with Crippen LogP contribution in [-0.2, 0) is 4.74 Å². The molecule has 0 aliphatic carbocycles. The zero-order valence-corrected chi connectivity index (χ0v) is 9.47. The van der Waals surface area contributed by atoms with Crippen molar-refractivity contribution in [3.63, 3.8) is 0 Å². The molecule has 0 aliphatic heterocycles. The van der Waals surface area contributed by atoms with Gasteiger partial charge in [0.1, 0.15) is 17.4 Å². The van der Waals surface area contributed by atoms with E-state index in [4.69, 9.17) is 10.00 Å². The second kappa shape index (κ2) is 4.89. The molecule has 0 bridgehead atoms. The van der Waals surface area contributed by atoms with E-state index in [1.807, 2.05) is 0 Å². The van der Waals surface area contributed by atoms with Crippen LogP contribution < -0.4 is 0 Å². The summed E-state index contributed by atoms with van der Waals surface area (Å²) in [4.78, 5) is 11.4. The van der Waals surface area contributed by atoms with Gasteiger partial charge in [-0.3, -0.25) is 0 Å². The maximum atomic E-state index is 13.3. The van der Waals surface area contributed by atoms with Gasteiger partial charge >= 0.3 is 5.97 Å². The Morgan fingerprint density at radius 3 is 2.87 bits per heavy atom. The first-order chi connectivity index (χ1) is 7.10. The standard InChI is InChI=1S/C10H7BrFNO2/c1-2-15-10(14)7-3-6(11)4-9(12)8(7)5-13/h3-4H,2H2,1H3. The molecule has 0 fully saturated rings. The van der Waals surface area contributed by atoms with Crippen molar-refractivity contribution in [2.75, 3.05) is 6.61 Å². The Kier molecular flexibility index (Phi) is 3.81. The summed E-state index contributed by atoms with van der Waals surface area (Å²) in [6.07, 6.45) is 0. The van der Waals surface area contributed by atoms with Crippen molar-refractivity contribution >= 4 is 21.9 Å². The molecular formula is C10H7BrFNO2. The molecule has 0 radical (unpaired) electrons. The van der Waals surface area contributed by atoms with Gasteiger partial charge in [0.15, 0.2) is 0 Å². The Labute approximate surface area is 94.6 Å². The molecule has 1 rings (SSSR count). The number of carbonyl (C=O) groups is 1. The van der Waals surface area contributed by atoms with Crippen LogP contribution in [0, 0.1) is 17.1 Å². The molecule has 0 N–H and O–H groups in total. The monoisotopic (exact) mass is 271 g/mol. The van der Waals surface area contributed by atoms with Crippen molar-refractivity contribution in [2.24, 2.45) is 0 Å². The topological polar surface area (TPSA) is 50.1 Å². The fourth-order valence-corrected chi connectivity index (χ4v) is 1.49. The Balaban J connectivity index is 3.28. The summed E-state index contributed by atoms with van der Waals surface area (Å²) in [6, 6.07) is 4.12. The van der Waals surface area contributed by atoms with Crippen molar-refractivity contribution in [2.45, 2.75) is 6.92 Å². The Morgan fingerprint density at radius 2 is 2.33 bits per heavy atom. The third kappa shape index (κ3) is 2.54. The van der Waals surface area contributed by atoms with Gasteiger partial charge in [-0.2, -0.15) is 5.26 Å². The van der Waals surface area contributed by atoms with E-state index in [0.29, 0.717) is 4.47 Å². The Hall–Kier alpha value is -1.41. The highest BCUT2D eigenvalue weighted by Crippen LogP contribution is 2.20. The quantitative estimate of drug-likeness (QED) is 0.777. The van der Waals surface area contributed by atoms with Crippen LogP contribution in [0.2, 0.25) is 0 Å². The van der Waals surface area contributed by atoms with Gasteiger partial charge in [0.2, 0.25) is 0 Å². The number of hydrogen-bond acceptors (Lipinski definition) is 3. The van der Waals surface area contributed by atoms with Gasteiger partial charge in [0, 0.05) is 4.47 Å². The lowest BCUT2D eigenvalue weighted by molar-refractivity contribution is 0.0525. The minimum absolute atomic E-state index is 0.0637. The van der Waals surface area contributed by atoms with E-state index < -0.39 is 11.8 Å². The largest absolute Gasteiger partial charge is 0.462 e. The number of halogens is 2. The zero-order valence-electron chi connectivity index (χ0n) is 7.88. The highest BCUT2D eigenvalue weighted by Gasteiger charge is 2.17. The van der Waals surface area contributed by atoms with Crippen LogP contribution in [0.1, 0.15) is 22.8 Å². The molecule has 1 aromatic carbocycles. The van der Waals surface area contributed by atoms with E-state index in [2.05, 4.69) is 15.9 Å². The van der Waals surface area contributed by atoms with Gasteiger partial charge in [-0.05, 0) is 19.1 Å². The first kappa shape index (κ1) is 11.7. The number of rotatable bonds is 2. The average molecular weight is 272 g/mol. The summed E-state index contributed by atoms with van der Waals surface area (Å²) in [5, 5.41) is 8.69. The van der Waals surface area contributed by atoms with Crippen LogP contribution in [0.3, 0.4) is 0 Å². The van der Waals surface area contributed by atoms with Crippen molar-refractivity contribution in [1.29, 1.82) is 5.26 Å².